The van der Waals surface area contributed by atoms with Crippen LogP contribution in [0.2, 0.25) is 0 Å². The van der Waals surface area contributed by atoms with Crippen LogP contribution in [0.25, 0.3) is 11.0 Å². The molecule has 1 aromatic carbocycles. The summed E-state index contributed by atoms with van der Waals surface area (Å²) < 4.78 is 8.33. The van der Waals surface area contributed by atoms with Crippen molar-refractivity contribution >= 4 is 23.3 Å². The fraction of sp³-hybridized carbons (Fsp3) is 0.500. The number of nitrogens with one attached hydrogen (secondary N) is 1. The highest BCUT2D eigenvalue weighted by Gasteiger charge is 2.23. The van der Waals surface area contributed by atoms with Crippen LogP contribution in [0.3, 0.4) is 0 Å². The van der Waals surface area contributed by atoms with E-state index in [-0.39, 0.29) is 5.54 Å². The summed E-state index contributed by atoms with van der Waals surface area (Å²) in [7, 11) is 1.68. The lowest BCUT2D eigenvalue weighted by molar-refractivity contribution is 0.330. The summed E-state index contributed by atoms with van der Waals surface area (Å²) in [6.45, 7) is 6.64. The van der Waals surface area contributed by atoms with E-state index in [9.17, 15) is 0 Å². The Morgan fingerprint density at radius 2 is 2.11 bits per heavy atom. The lowest BCUT2D eigenvalue weighted by Gasteiger charge is -2.27. The van der Waals surface area contributed by atoms with E-state index in [1.165, 1.54) is 0 Å². The molecule has 0 aliphatic heterocycles. The number of hydrogen-bond acceptors (Lipinski definition) is 2. The van der Waals surface area contributed by atoms with E-state index >= 15 is 0 Å². The molecule has 0 bridgehead atoms. The minimum Gasteiger partial charge on any atom is -0.494 e. The maximum atomic E-state index is 5.47. The van der Waals surface area contributed by atoms with Crippen LogP contribution >= 0.6 is 12.2 Å². The predicted octanol–water partition coefficient (Wildman–Crippen LogP) is 4.24. The molecule has 2 rings (SSSR count). The molecule has 0 spiro atoms. The third-order valence-electron chi connectivity index (χ3n) is 3.37. The third-order valence-corrected chi connectivity index (χ3v) is 3.65. The number of aromatic amines is 1. The van der Waals surface area contributed by atoms with E-state index in [1.54, 1.807) is 7.11 Å². The van der Waals surface area contributed by atoms with Crippen molar-refractivity contribution in [1.82, 2.24) is 9.55 Å². The Morgan fingerprint density at radius 1 is 1.39 bits per heavy atom. The third kappa shape index (κ3) is 2.05. The summed E-state index contributed by atoms with van der Waals surface area (Å²) in [6.07, 6.45) is 2.22. The van der Waals surface area contributed by atoms with Gasteiger partial charge in [0.1, 0.15) is 11.3 Å². The Kier molecular flexibility index (Phi) is 3.48. The Morgan fingerprint density at radius 3 is 2.72 bits per heavy atom. The second-order valence-corrected chi connectivity index (χ2v) is 5.57. The van der Waals surface area contributed by atoms with Crippen molar-refractivity contribution in [1.29, 1.82) is 0 Å². The highest BCUT2D eigenvalue weighted by Crippen LogP contribution is 2.31. The summed E-state index contributed by atoms with van der Waals surface area (Å²) in [5.74, 6) is 0.838. The minimum absolute atomic E-state index is 0.0104. The van der Waals surface area contributed by atoms with Crippen molar-refractivity contribution in [3.8, 4) is 5.75 Å². The first-order valence-electron chi connectivity index (χ1n) is 6.29. The zero-order chi connectivity index (χ0) is 13.3. The molecule has 0 aliphatic rings. The Labute approximate surface area is 113 Å². The van der Waals surface area contributed by atoms with Gasteiger partial charge in [-0.2, -0.15) is 0 Å². The SMILES string of the molecule is CCCC(C)(C)n1c(=S)[nH]c2c(OC)cccc21. The molecule has 18 heavy (non-hydrogen) atoms. The number of H-pyrrole nitrogens is 1. The molecule has 98 valence electrons. The number of fused-ring (bicyclic) bond motifs is 1. The number of methoxy groups -OCH3 is 1. The van der Waals surface area contributed by atoms with Gasteiger partial charge in [0.25, 0.3) is 0 Å². The van der Waals surface area contributed by atoms with E-state index in [4.69, 9.17) is 17.0 Å². The number of benzene rings is 1. The van der Waals surface area contributed by atoms with Crippen LogP contribution in [0.5, 0.6) is 5.75 Å². The number of para-hydroxylation sites is 1. The van der Waals surface area contributed by atoms with Crippen molar-refractivity contribution in [2.75, 3.05) is 7.11 Å². The number of nitrogens with zero attached hydrogens (tertiary/aromatic N) is 1. The number of aromatic nitrogens is 2. The lowest BCUT2D eigenvalue weighted by Crippen LogP contribution is -2.25. The normalized spacial score (nSPS) is 12.0. The van der Waals surface area contributed by atoms with Gasteiger partial charge in [-0.25, -0.2) is 0 Å². The molecular formula is C14H20N2OS. The number of ether oxygens (including phenoxy) is 1. The van der Waals surface area contributed by atoms with E-state index < -0.39 is 0 Å². The van der Waals surface area contributed by atoms with E-state index in [0.717, 1.165) is 34.4 Å². The standard InChI is InChI=1S/C14H20N2OS/c1-5-9-14(2,3)16-10-7-6-8-11(17-4)12(10)15-13(16)18/h6-8H,5,9H2,1-4H3,(H,15,18). The molecule has 0 saturated heterocycles. The van der Waals surface area contributed by atoms with Crippen LogP contribution in [-0.4, -0.2) is 16.7 Å². The minimum atomic E-state index is 0.0104. The molecule has 0 amide bonds. The van der Waals surface area contributed by atoms with Gasteiger partial charge in [0.2, 0.25) is 0 Å². The van der Waals surface area contributed by atoms with E-state index in [1.807, 2.05) is 12.1 Å². The van der Waals surface area contributed by atoms with Gasteiger partial charge in [0.15, 0.2) is 4.77 Å². The van der Waals surface area contributed by atoms with Crippen LogP contribution in [0, 0.1) is 4.77 Å². The second kappa shape index (κ2) is 4.76. The van der Waals surface area contributed by atoms with Gasteiger partial charge in [0, 0.05) is 5.54 Å². The monoisotopic (exact) mass is 264 g/mol. The molecule has 0 aliphatic carbocycles. The first kappa shape index (κ1) is 13.1. The number of rotatable bonds is 4. The van der Waals surface area contributed by atoms with Crippen molar-refractivity contribution in [3.05, 3.63) is 23.0 Å². The van der Waals surface area contributed by atoms with Gasteiger partial charge >= 0.3 is 0 Å². The van der Waals surface area contributed by atoms with Crippen molar-refractivity contribution in [2.24, 2.45) is 0 Å². The summed E-state index contributed by atoms with van der Waals surface area (Å²) in [4.78, 5) is 3.26. The summed E-state index contributed by atoms with van der Waals surface area (Å²) in [5.41, 5.74) is 2.10. The molecule has 3 nitrogen and oxygen atoms in total. The largest absolute Gasteiger partial charge is 0.494 e. The molecule has 1 N–H and O–H groups in total. The zero-order valence-electron chi connectivity index (χ0n) is 11.4. The maximum Gasteiger partial charge on any atom is 0.178 e. The van der Waals surface area contributed by atoms with Crippen molar-refractivity contribution < 1.29 is 4.74 Å². The molecule has 0 unspecified atom stereocenters. The van der Waals surface area contributed by atoms with Crippen LogP contribution in [0.15, 0.2) is 18.2 Å². The fourth-order valence-electron chi connectivity index (χ4n) is 2.60. The van der Waals surface area contributed by atoms with Crippen molar-refractivity contribution in [3.63, 3.8) is 0 Å². The summed E-state index contributed by atoms with van der Waals surface area (Å²) in [5, 5.41) is 0. The van der Waals surface area contributed by atoms with Gasteiger partial charge in [-0.05, 0) is 44.6 Å². The van der Waals surface area contributed by atoms with Gasteiger partial charge in [-0.3, -0.25) is 0 Å². The lowest BCUT2D eigenvalue weighted by atomic mass is 9.98. The van der Waals surface area contributed by atoms with Gasteiger partial charge in [-0.15, -0.1) is 0 Å². The topological polar surface area (TPSA) is 29.9 Å². The van der Waals surface area contributed by atoms with Crippen LogP contribution < -0.4 is 4.74 Å². The molecule has 0 saturated carbocycles. The van der Waals surface area contributed by atoms with Crippen LogP contribution in [0.4, 0.5) is 0 Å². The molecule has 0 radical (unpaired) electrons. The van der Waals surface area contributed by atoms with E-state index in [0.29, 0.717) is 0 Å². The number of hydrogen-bond donors (Lipinski definition) is 1. The zero-order valence-corrected chi connectivity index (χ0v) is 12.2. The van der Waals surface area contributed by atoms with Gasteiger partial charge in [-0.1, -0.05) is 19.4 Å². The quantitative estimate of drug-likeness (QED) is 0.837. The number of imidazole rings is 1. The molecule has 4 heteroatoms. The molecule has 1 heterocycles. The van der Waals surface area contributed by atoms with E-state index in [2.05, 4.69) is 36.4 Å². The first-order chi connectivity index (χ1) is 8.51. The van der Waals surface area contributed by atoms with Gasteiger partial charge < -0.3 is 14.3 Å². The second-order valence-electron chi connectivity index (χ2n) is 5.18. The predicted molar refractivity (Wildman–Crippen MR) is 77.9 cm³/mol. The average molecular weight is 264 g/mol. The molecule has 0 fully saturated rings. The Balaban J connectivity index is 2.72. The van der Waals surface area contributed by atoms with Crippen LogP contribution in [-0.2, 0) is 5.54 Å². The summed E-state index contributed by atoms with van der Waals surface area (Å²) >= 11 is 5.47. The molecule has 0 atom stereocenters. The highest BCUT2D eigenvalue weighted by atomic mass is 32.1. The highest BCUT2D eigenvalue weighted by molar-refractivity contribution is 7.71. The summed E-state index contributed by atoms with van der Waals surface area (Å²) in [6, 6.07) is 6.04. The molecule has 2 aromatic rings. The maximum absolute atomic E-state index is 5.47. The Hall–Kier alpha value is -1.29. The van der Waals surface area contributed by atoms with Crippen LogP contribution in [0.1, 0.15) is 33.6 Å². The molecule has 1 aromatic heterocycles. The molecular weight excluding hydrogens is 244 g/mol. The smallest absolute Gasteiger partial charge is 0.178 e. The fourth-order valence-corrected chi connectivity index (χ4v) is 3.05. The Bertz CT molecular complexity index is 610. The van der Waals surface area contributed by atoms with Gasteiger partial charge in [0.05, 0.1) is 12.6 Å². The first-order valence-corrected chi connectivity index (χ1v) is 6.70. The average Bonchev–Trinajstić information content (AvgIpc) is 2.65. The van der Waals surface area contributed by atoms with Crippen molar-refractivity contribution in [2.45, 2.75) is 39.2 Å².